The number of aromatic nitrogens is 3. The van der Waals surface area contributed by atoms with E-state index in [1.54, 1.807) is 21.0 Å². The molecule has 0 saturated heterocycles. The second kappa shape index (κ2) is 8.71. The Balaban J connectivity index is 2.53. The fourth-order valence-corrected chi connectivity index (χ4v) is 1.73. The first-order chi connectivity index (χ1) is 9.99. The van der Waals surface area contributed by atoms with E-state index in [1.807, 2.05) is 6.92 Å². The predicted molar refractivity (Wildman–Crippen MR) is 74.0 cm³/mol. The van der Waals surface area contributed by atoms with Crippen LogP contribution in [0.2, 0.25) is 0 Å². The Kier molecular flexibility index (Phi) is 7.27. The van der Waals surface area contributed by atoms with Crippen LogP contribution in [0.5, 0.6) is 0 Å². The number of esters is 1. The van der Waals surface area contributed by atoms with Crippen LogP contribution in [-0.2, 0) is 20.8 Å². The molecule has 120 valence electrons. The first-order valence-electron chi connectivity index (χ1n) is 6.85. The molecular weight excluding hydrogens is 278 g/mol. The van der Waals surface area contributed by atoms with E-state index in [2.05, 4.69) is 10.3 Å². The zero-order valence-electron chi connectivity index (χ0n) is 12.9. The smallest absolute Gasteiger partial charge is 0.360 e. The normalized spacial score (nSPS) is 14.0. The molecule has 8 heteroatoms. The molecule has 0 aliphatic carbocycles. The summed E-state index contributed by atoms with van der Waals surface area (Å²) in [5.74, 6) is -0.513. The van der Waals surface area contributed by atoms with Crippen molar-refractivity contribution < 1.29 is 24.1 Å². The standard InChI is InChI=1S/C13H23N3O5/c1-5-20-13(18)12-10(3)16(15-14-12)6-11(17)8-21-9(2)7-19-4/h9,11,17H,5-8H2,1-4H3. The van der Waals surface area contributed by atoms with Crippen LogP contribution in [0.4, 0.5) is 0 Å². The highest BCUT2D eigenvalue weighted by Crippen LogP contribution is 2.07. The summed E-state index contributed by atoms with van der Waals surface area (Å²) in [5.41, 5.74) is 0.718. The molecule has 2 unspecified atom stereocenters. The molecule has 0 aliphatic rings. The monoisotopic (exact) mass is 301 g/mol. The van der Waals surface area contributed by atoms with Crippen molar-refractivity contribution in [2.24, 2.45) is 0 Å². The van der Waals surface area contributed by atoms with Gasteiger partial charge in [-0.25, -0.2) is 9.48 Å². The number of rotatable bonds is 9. The van der Waals surface area contributed by atoms with Crippen molar-refractivity contribution in [3.63, 3.8) is 0 Å². The van der Waals surface area contributed by atoms with Gasteiger partial charge in [-0.1, -0.05) is 5.21 Å². The molecule has 1 aromatic rings. The number of carbonyl (C=O) groups excluding carboxylic acids is 1. The molecule has 8 nitrogen and oxygen atoms in total. The van der Waals surface area contributed by atoms with Gasteiger partial charge < -0.3 is 19.3 Å². The van der Waals surface area contributed by atoms with Gasteiger partial charge in [-0.15, -0.1) is 5.10 Å². The van der Waals surface area contributed by atoms with Gasteiger partial charge in [0, 0.05) is 7.11 Å². The van der Waals surface area contributed by atoms with E-state index in [0.29, 0.717) is 12.3 Å². The summed E-state index contributed by atoms with van der Waals surface area (Å²) in [4.78, 5) is 11.6. The van der Waals surface area contributed by atoms with Gasteiger partial charge in [-0.2, -0.15) is 0 Å². The minimum atomic E-state index is -0.750. The number of carbonyl (C=O) groups is 1. The van der Waals surface area contributed by atoms with Crippen LogP contribution in [0, 0.1) is 6.92 Å². The summed E-state index contributed by atoms with van der Waals surface area (Å²) in [6.45, 7) is 6.36. The highest BCUT2D eigenvalue weighted by Gasteiger charge is 2.19. The van der Waals surface area contributed by atoms with Crippen LogP contribution >= 0.6 is 0 Å². The van der Waals surface area contributed by atoms with E-state index in [9.17, 15) is 9.90 Å². The maximum Gasteiger partial charge on any atom is 0.360 e. The molecule has 0 fully saturated rings. The Morgan fingerprint density at radius 2 is 2.14 bits per heavy atom. The van der Waals surface area contributed by atoms with Gasteiger partial charge in [0.05, 0.1) is 44.3 Å². The lowest BCUT2D eigenvalue weighted by Crippen LogP contribution is -2.27. The van der Waals surface area contributed by atoms with Crippen LogP contribution in [0.3, 0.4) is 0 Å². The largest absolute Gasteiger partial charge is 0.461 e. The summed E-state index contributed by atoms with van der Waals surface area (Å²) in [5, 5.41) is 17.6. The van der Waals surface area contributed by atoms with Crippen LogP contribution in [-0.4, -0.2) is 65.2 Å². The first-order valence-corrected chi connectivity index (χ1v) is 6.85. The summed E-state index contributed by atoms with van der Waals surface area (Å²) >= 11 is 0. The Labute approximate surface area is 124 Å². The SMILES string of the molecule is CCOC(=O)c1nnn(CC(O)COC(C)COC)c1C. The van der Waals surface area contributed by atoms with Gasteiger partial charge in [-0.05, 0) is 20.8 Å². The minimum Gasteiger partial charge on any atom is -0.461 e. The van der Waals surface area contributed by atoms with Crippen molar-refractivity contribution in [1.82, 2.24) is 15.0 Å². The van der Waals surface area contributed by atoms with Crippen LogP contribution in [0.1, 0.15) is 30.0 Å². The lowest BCUT2D eigenvalue weighted by Gasteiger charge is -2.16. The van der Waals surface area contributed by atoms with Gasteiger partial charge in [0.1, 0.15) is 0 Å². The van der Waals surface area contributed by atoms with Gasteiger partial charge in [0.25, 0.3) is 0 Å². The van der Waals surface area contributed by atoms with E-state index in [0.717, 1.165) is 0 Å². The number of hydrogen-bond donors (Lipinski definition) is 1. The lowest BCUT2D eigenvalue weighted by atomic mass is 10.3. The highest BCUT2D eigenvalue weighted by atomic mass is 16.5. The summed E-state index contributed by atoms with van der Waals surface area (Å²) in [7, 11) is 1.59. The molecule has 1 aromatic heterocycles. The average Bonchev–Trinajstić information content (AvgIpc) is 2.79. The molecule has 0 amide bonds. The fraction of sp³-hybridized carbons (Fsp3) is 0.769. The predicted octanol–water partition coefficient (Wildman–Crippen LogP) is 0.176. The van der Waals surface area contributed by atoms with Gasteiger partial charge in [-0.3, -0.25) is 0 Å². The maximum atomic E-state index is 11.6. The molecule has 1 N–H and O–H groups in total. The van der Waals surface area contributed by atoms with Crippen molar-refractivity contribution in [2.75, 3.05) is 26.9 Å². The van der Waals surface area contributed by atoms with Gasteiger partial charge >= 0.3 is 5.97 Å². The van der Waals surface area contributed by atoms with E-state index >= 15 is 0 Å². The molecule has 1 heterocycles. The molecule has 0 aliphatic heterocycles. The van der Waals surface area contributed by atoms with Crippen molar-refractivity contribution in [2.45, 2.75) is 39.5 Å². The van der Waals surface area contributed by atoms with E-state index < -0.39 is 12.1 Å². The number of ether oxygens (including phenoxy) is 3. The molecule has 1 rings (SSSR count). The second-order valence-corrected chi connectivity index (χ2v) is 4.68. The quantitative estimate of drug-likeness (QED) is 0.650. The van der Waals surface area contributed by atoms with E-state index in [4.69, 9.17) is 14.2 Å². The van der Waals surface area contributed by atoms with Crippen molar-refractivity contribution >= 4 is 5.97 Å². The summed E-state index contributed by atoms with van der Waals surface area (Å²) < 4.78 is 16.7. The van der Waals surface area contributed by atoms with Crippen LogP contribution in [0.25, 0.3) is 0 Å². The molecular formula is C13H23N3O5. The number of nitrogens with zero attached hydrogens (tertiary/aromatic N) is 3. The number of hydrogen-bond acceptors (Lipinski definition) is 7. The van der Waals surface area contributed by atoms with Crippen LogP contribution in [0.15, 0.2) is 0 Å². The van der Waals surface area contributed by atoms with Crippen molar-refractivity contribution in [3.8, 4) is 0 Å². The Bertz CT molecular complexity index is 449. The Morgan fingerprint density at radius 3 is 2.76 bits per heavy atom. The second-order valence-electron chi connectivity index (χ2n) is 4.68. The average molecular weight is 301 g/mol. The molecule has 2 atom stereocenters. The topological polar surface area (TPSA) is 95.7 Å². The molecule has 0 spiro atoms. The number of aliphatic hydroxyl groups is 1. The van der Waals surface area contributed by atoms with Crippen molar-refractivity contribution in [3.05, 3.63) is 11.4 Å². The summed E-state index contributed by atoms with van der Waals surface area (Å²) in [6, 6.07) is 0. The maximum absolute atomic E-state index is 11.6. The number of aliphatic hydroxyl groups excluding tert-OH is 1. The van der Waals surface area contributed by atoms with Gasteiger partial charge in [0.15, 0.2) is 5.69 Å². The molecule has 21 heavy (non-hydrogen) atoms. The van der Waals surface area contributed by atoms with Crippen LogP contribution < -0.4 is 0 Å². The number of methoxy groups -OCH3 is 1. The Hall–Kier alpha value is -1.51. The summed E-state index contributed by atoms with van der Waals surface area (Å²) in [6.07, 6.45) is -0.851. The molecule has 0 saturated carbocycles. The molecule has 0 radical (unpaired) electrons. The molecule has 0 aromatic carbocycles. The van der Waals surface area contributed by atoms with Crippen molar-refractivity contribution in [1.29, 1.82) is 0 Å². The third-order valence-corrected chi connectivity index (χ3v) is 2.81. The lowest BCUT2D eigenvalue weighted by molar-refractivity contribution is -0.0366. The zero-order chi connectivity index (χ0) is 15.8. The molecule has 0 bridgehead atoms. The van der Waals surface area contributed by atoms with Gasteiger partial charge in [0.2, 0.25) is 0 Å². The Morgan fingerprint density at radius 1 is 1.43 bits per heavy atom. The third-order valence-electron chi connectivity index (χ3n) is 2.81. The first kappa shape index (κ1) is 17.5. The highest BCUT2D eigenvalue weighted by molar-refractivity contribution is 5.88. The van der Waals surface area contributed by atoms with E-state index in [-0.39, 0.29) is 31.6 Å². The fourth-order valence-electron chi connectivity index (χ4n) is 1.73. The third kappa shape index (κ3) is 5.41. The minimum absolute atomic E-state index is 0.100. The van der Waals surface area contributed by atoms with E-state index in [1.165, 1.54) is 4.68 Å². The zero-order valence-corrected chi connectivity index (χ0v) is 12.9.